The Morgan fingerprint density at radius 1 is 1.19 bits per heavy atom. The van der Waals surface area contributed by atoms with Crippen molar-refractivity contribution in [2.24, 2.45) is 0 Å². The van der Waals surface area contributed by atoms with Crippen LogP contribution in [0, 0.1) is 12.3 Å². The molecular weight excluding hydrogens is 198 g/mol. The average Bonchev–Trinajstić information content (AvgIpc) is 2.96. The van der Waals surface area contributed by atoms with Crippen LogP contribution in [0.4, 0.5) is 0 Å². The second-order valence-corrected chi connectivity index (χ2v) is 3.28. The van der Waals surface area contributed by atoms with Gasteiger partial charge in [-0.3, -0.25) is 0 Å². The largest absolute Gasteiger partial charge is 0.494 e. The summed E-state index contributed by atoms with van der Waals surface area (Å²) in [5.41, 5.74) is 3.40. The molecule has 2 aliphatic rings. The smallest absolute Gasteiger partial charge is 0.154 e. The summed E-state index contributed by atoms with van der Waals surface area (Å²) in [6, 6.07) is 12.0. The minimum Gasteiger partial charge on any atom is -0.494 e. The van der Waals surface area contributed by atoms with Crippen LogP contribution in [0.15, 0.2) is 42.6 Å². The molecule has 0 unspecified atom stereocenters. The van der Waals surface area contributed by atoms with Crippen molar-refractivity contribution in [3.63, 3.8) is 0 Å². The number of rotatable bonds is 1. The summed E-state index contributed by atoms with van der Waals surface area (Å²) < 4.78 is 4.93. The van der Waals surface area contributed by atoms with Crippen LogP contribution in [-0.4, -0.2) is 12.1 Å². The molecule has 0 bridgehead atoms. The molecule has 0 aliphatic heterocycles. The summed E-state index contributed by atoms with van der Waals surface area (Å²) in [6.07, 6.45) is 6.77. The standard InChI is InChI=1S/C8H7NO.C6H4/c1-3-7-8(10-2)5-4-6-9-7;1-2-5-4-6(5)3-1/h1,4-6H,2H3;1-4H. The molecule has 0 spiro atoms. The summed E-state index contributed by atoms with van der Waals surface area (Å²) in [7, 11) is 1.57. The second kappa shape index (κ2) is 4.50. The van der Waals surface area contributed by atoms with E-state index in [1.807, 2.05) is 0 Å². The maximum atomic E-state index is 5.13. The minimum atomic E-state index is 0.546. The van der Waals surface area contributed by atoms with E-state index in [-0.39, 0.29) is 0 Å². The number of fused-ring (bicyclic) bond motifs is 1. The first-order valence-corrected chi connectivity index (χ1v) is 4.91. The lowest BCUT2D eigenvalue weighted by Gasteiger charge is -1.98. The summed E-state index contributed by atoms with van der Waals surface area (Å²) >= 11 is 0. The first kappa shape index (κ1) is 10.3. The van der Waals surface area contributed by atoms with Gasteiger partial charge in [0.15, 0.2) is 11.4 Å². The zero-order chi connectivity index (χ0) is 11.4. The fourth-order valence-corrected chi connectivity index (χ4v) is 1.34. The minimum absolute atomic E-state index is 0.546. The number of hydrogen-bond acceptors (Lipinski definition) is 2. The van der Waals surface area contributed by atoms with Crippen LogP contribution in [0.3, 0.4) is 0 Å². The molecule has 1 aromatic rings. The quantitative estimate of drug-likeness (QED) is 0.575. The highest BCUT2D eigenvalue weighted by atomic mass is 16.5. The normalized spacial score (nSPS) is 9.50. The molecule has 2 aliphatic carbocycles. The van der Waals surface area contributed by atoms with Gasteiger partial charge in [-0.2, -0.15) is 0 Å². The lowest BCUT2D eigenvalue weighted by molar-refractivity contribution is 0.411. The van der Waals surface area contributed by atoms with Crippen molar-refractivity contribution in [2.75, 3.05) is 7.11 Å². The van der Waals surface area contributed by atoms with Gasteiger partial charge in [0.2, 0.25) is 0 Å². The van der Waals surface area contributed by atoms with Crippen LogP contribution in [0.25, 0.3) is 11.1 Å². The van der Waals surface area contributed by atoms with E-state index in [0.29, 0.717) is 11.4 Å². The van der Waals surface area contributed by atoms with Gasteiger partial charge < -0.3 is 4.74 Å². The van der Waals surface area contributed by atoms with Crippen molar-refractivity contribution in [1.29, 1.82) is 0 Å². The third kappa shape index (κ3) is 2.21. The molecule has 0 fully saturated rings. The molecule has 0 atom stereocenters. The van der Waals surface area contributed by atoms with Gasteiger partial charge in [0.25, 0.3) is 0 Å². The number of benzene rings is 1. The third-order valence-electron chi connectivity index (χ3n) is 2.24. The molecule has 0 saturated heterocycles. The molecule has 0 aromatic carbocycles. The van der Waals surface area contributed by atoms with Gasteiger partial charge in [0, 0.05) is 6.20 Å². The van der Waals surface area contributed by atoms with Gasteiger partial charge in [-0.1, -0.05) is 18.2 Å². The van der Waals surface area contributed by atoms with E-state index < -0.39 is 0 Å². The maximum absolute atomic E-state index is 5.13. The molecule has 0 N–H and O–H groups in total. The predicted molar refractivity (Wildman–Crippen MR) is 64.2 cm³/mol. The zero-order valence-corrected chi connectivity index (χ0v) is 8.97. The Kier molecular flexibility index (Phi) is 2.88. The van der Waals surface area contributed by atoms with Gasteiger partial charge in [-0.15, -0.1) is 6.42 Å². The summed E-state index contributed by atoms with van der Waals surface area (Å²) in [4.78, 5) is 3.91. The van der Waals surface area contributed by atoms with E-state index >= 15 is 0 Å². The van der Waals surface area contributed by atoms with E-state index in [1.165, 1.54) is 11.1 Å². The number of nitrogens with zero attached hydrogens (tertiary/aromatic N) is 1. The Morgan fingerprint density at radius 2 is 1.94 bits per heavy atom. The molecule has 1 aromatic heterocycles. The van der Waals surface area contributed by atoms with Crippen molar-refractivity contribution in [3.8, 4) is 29.2 Å². The fraction of sp³-hybridized carbons (Fsp3) is 0.0714. The number of methoxy groups -OCH3 is 1. The number of hydrogen-bond donors (Lipinski definition) is 0. The van der Waals surface area contributed by atoms with E-state index in [0.717, 1.165) is 0 Å². The van der Waals surface area contributed by atoms with Crippen LogP contribution in [0.5, 0.6) is 5.75 Å². The van der Waals surface area contributed by atoms with E-state index in [4.69, 9.17) is 11.2 Å². The highest BCUT2D eigenvalue weighted by Gasteiger charge is 2.06. The summed E-state index contributed by atoms with van der Waals surface area (Å²) in [5.74, 6) is 3.05. The lowest BCUT2D eigenvalue weighted by atomic mass is 10.3. The molecular formula is C14H11NO. The van der Waals surface area contributed by atoms with E-state index in [2.05, 4.69) is 35.2 Å². The monoisotopic (exact) mass is 209 g/mol. The van der Waals surface area contributed by atoms with Gasteiger partial charge in [-0.25, -0.2) is 4.98 Å². The molecule has 1 heterocycles. The van der Waals surface area contributed by atoms with Crippen molar-refractivity contribution < 1.29 is 4.74 Å². The lowest BCUT2D eigenvalue weighted by Crippen LogP contribution is -1.89. The van der Waals surface area contributed by atoms with Gasteiger partial charge in [0.05, 0.1) is 7.11 Å². The Hall–Kier alpha value is -2.27. The Bertz CT molecular complexity index is 523. The third-order valence-corrected chi connectivity index (χ3v) is 2.24. The van der Waals surface area contributed by atoms with Crippen molar-refractivity contribution in [1.82, 2.24) is 4.98 Å². The van der Waals surface area contributed by atoms with Crippen LogP contribution in [0.1, 0.15) is 5.69 Å². The van der Waals surface area contributed by atoms with Crippen LogP contribution in [0.2, 0.25) is 0 Å². The molecule has 2 heteroatoms. The van der Waals surface area contributed by atoms with Crippen molar-refractivity contribution in [3.05, 3.63) is 48.3 Å². The predicted octanol–water partition coefficient (Wildman–Crippen LogP) is 2.74. The molecule has 0 radical (unpaired) electrons. The SMILES string of the molecule is C#Cc1ncccc1OC.c1cc2cc-2c1. The number of aromatic nitrogens is 1. The molecule has 16 heavy (non-hydrogen) atoms. The van der Waals surface area contributed by atoms with Crippen LogP contribution < -0.4 is 4.74 Å². The van der Waals surface area contributed by atoms with Gasteiger partial charge >= 0.3 is 0 Å². The number of pyridine rings is 1. The second-order valence-electron chi connectivity index (χ2n) is 3.28. The summed E-state index contributed by atoms with van der Waals surface area (Å²) in [6.45, 7) is 0. The Morgan fingerprint density at radius 3 is 2.31 bits per heavy atom. The van der Waals surface area contributed by atoms with Gasteiger partial charge in [-0.05, 0) is 35.2 Å². The van der Waals surface area contributed by atoms with Crippen molar-refractivity contribution in [2.45, 2.75) is 0 Å². The number of ether oxygens (including phenoxy) is 1. The molecule has 0 saturated carbocycles. The Labute approximate surface area is 94.9 Å². The first-order valence-electron chi connectivity index (χ1n) is 4.91. The summed E-state index contributed by atoms with van der Waals surface area (Å²) in [5, 5.41) is 0. The Balaban J connectivity index is 0.000000134. The van der Waals surface area contributed by atoms with Gasteiger partial charge in [0.1, 0.15) is 0 Å². The molecule has 2 nitrogen and oxygen atoms in total. The maximum Gasteiger partial charge on any atom is 0.154 e. The highest BCUT2D eigenvalue weighted by molar-refractivity contribution is 5.80. The highest BCUT2D eigenvalue weighted by Crippen LogP contribution is 2.32. The fourth-order valence-electron chi connectivity index (χ4n) is 1.34. The first-order chi connectivity index (χ1) is 7.85. The number of terminal acetylenes is 1. The molecule has 0 amide bonds. The average molecular weight is 209 g/mol. The van der Waals surface area contributed by atoms with E-state index in [1.54, 1.807) is 25.4 Å². The molecule has 78 valence electrons. The topological polar surface area (TPSA) is 22.1 Å². The molecule has 3 rings (SSSR count). The zero-order valence-electron chi connectivity index (χ0n) is 8.97. The van der Waals surface area contributed by atoms with Crippen molar-refractivity contribution >= 4 is 0 Å². The van der Waals surface area contributed by atoms with E-state index in [9.17, 15) is 0 Å². The van der Waals surface area contributed by atoms with Crippen LogP contribution >= 0.6 is 0 Å². The van der Waals surface area contributed by atoms with Crippen LogP contribution in [-0.2, 0) is 0 Å².